The number of hydrogen-bond acceptors (Lipinski definition) is 5. The molecular weight excluding hydrogens is 850 g/mol. The summed E-state index contributed by atoms with van der Waals surface area (Å²) in [6.45, 7) is 4.09. The van der Waals surface area contributed by atoms with Gasteiger partial charge in [-0.05, 0) is 146 Å². The highest BCUT2D eigenvalue weighted by atomic mass is 79.9. The monoisotopic (exact) mass is 879 g/mol. The van der Waals surface area contributed by atoms with E-state index in [4.69, 9.17) is 0 Å². The van der Waals surface area contributed by atoms with Crippen molar-refractivity contribution in [3.63, 3.8) is 0 Å². The van der Waals surface area contributed by atoms with Crippen molar-refractivity contribution in [1.29, 1.82) is 0 Å². The van der Waals surface area contributed by atoms with Crippen LogP contribution in [-0.4, -0.2) is 58.9 Å². The van der Waals surface area contributed by atoms with Crippen LogP contribution < -0.4 is 0 Å². The van der Waals surface area contributed by atoms with E-state index in [1.54, 1.807) is 21.4 Å². The van der Waals surface area contributed by atoms with Crippen LogP contribution in [0, 0.1) is 0 Å². The second-order valence-electron chi connectivity index (χ2n) is 12.9. The van der Waals surface area contributed by atoms with Gasteiger partial charge in [0.1, 0.15) is 0 Å². The number of benzene rings is 2. The minimum absolute atomic E-state index is 0.0204. The van der Waals surface area contributed by atoms with Gasteiger partial charge in [-0.25, -0.2) is 9.03 Å². The van der Waals surface area contributed by atoms with Crippen LogP contribution in [0.25, 0.3) is 22.2 Å². The Balaban J connectivity index is 0.000000151. The quantitative estimate of drug-likeness (QED) is 0.177. The van der Waals surface area contributed by atoms with Gasteiger partial charge in [0.2, 0.25) is 0 Å². The molecule has 5 aromatic heterocycles. The van der Waals surface area contributed by atoms with Crippen LogP contribution in [0.3, 0.4) is 0 Å². The number of halogens is 3. The highest BCUT2D eigenvalue weighted by Gasteiger charge is 2.30. The Morgan fingerprint density at radius 3 is 2.06 bits per heavy atom. The number of carbonyl (C=O) groups is 2. The molecule has 0 N–H and O–H groups in total. The van der Waals surface area contributed by atoms with E-state index in [2.05, 4.69) is 100 Å². The first-order chi connectivity index (χ1) is 25.2. The summed E-state index contributed by atoms with van der Waals surface area (Å²) in [7, 11) is 0. The highest BCUT2D eigenvalue weighted by molar-refractivity contribution is 9.11. The molecule has 0 radical (unpaired) electrons. The van der Waals surface area contributed by atoms with Crippen LogP contribution in [0.1, 0.15) is 56.2 Å². The lowest BCUT2D eigenvalue weighted by atomic mass is 9.93. The molecule has 1 unspecified atom stereocenters. The van der Waals surface area contributed by atoms with E-state index in [-0.39, 0.29) is 17.9 Å². The fourth-order valence-corrected chi connectivity index (χ4v) is 8.23. The minimum Gasteiger partial charge on any atom is -0.333 e. The molecule has 1 atom stereocenters. The minimum atomic E-state index is -0.0280. The summed E-state index contributed by atoms with van der Waals surface area (Å²) in [5.41, 5.74) is 10.1. The molecule has 9 rings (SSSR count). The number of hydrogen-bond donors (Lipinski definition) is 0. The molecule has 2 aliphatic heterocycles. The first kappa shape index (κ1) is 34.4. The van der Waals surface area contributed by atoms with E-state index in [0.29, 0.717) is 31.0 Å². The Morgan fingerprint density at radius 1 is 0.692 bits per heavy atom. The molecule has 0 bridgehead atoms. The average Bonchev–Trinajstić information content (AvgIpc) is 3.79. The van der Waals surface area contributed by atoms with Gasteiger partial charge in [-0.1, -0.05) is 40.2 Å². The molecule has 7 aromatic rings. The Kier molecular flexibility index (Phi) is 9.54. The van der Waals surface area contributed by atoms with Crippen molar-refractivity contribution in [3.05, 3.63) is 157 Å². The molecule has 0 saturated heterocycles. The van der Waals surface area contributed by atoms with E-state index in [1.807, 2.05) is 76.8 Å². The molecule has 12 heteroatoms. The zero-order chi connectivity index (χ0) is 35.9. The van der Waals surface area contributed by atoms with E-state index < -0.39 is 0 Å². The van der Waals surface area contributed by atoms with Crippen LogP contribution >= 0.6 is 47.8 Å². The molecule has 0 fully saturated rings. The maximum Gasteiger partial charge on any atom is 0.274 e. The van der Waals surface area contributed by atoms with Gasteiger partial charge in [-0.2, -0.15) is 10.2 Å². The van der Waals surface area contributed by atoms with Crippen molar-refractivity contribution >= 4 is 70.6 Å². The van der Waals surface area contributed by atoms with Gasteiger partial charge in [0, 0.05) is 57.8 Å². The third kappa shape index (κ3) is 6.82. The van der Waals surface area contributed by atoms with Gasteiger partial charge in [0.15, 0.2) is 11.4 Å². The SMILES string of the molecule is CC1c2cccc(Br)c2CCN1C(=O)c1cc2ccc(Br)cn2n1.O=C(c1cc2ccc(Br)cn2n1)N1CCc2ccc(-c3ccncc3)cc2C1. The molecule has 9 nitrogen and oxygen atoms in total. The largest absolute Gasteiger partial charge is 0.333 e. The molecular formula is C40H32Br3N7O2. The van der Waals surface area contributed by atoms with E-state index in [0.717, 1.165) is 48.4 Å². The second-order valence-corrected chi connectivity index (χ2v) is 15.6. The van der Waals surface area contributed by atoms with Crippen LogP contribution in [0.4, 0.5) is 0 Å². The normalized spacial score (nSPS) is 15.2. The Morgan fingerprint density at radius 2 is 1.37 bits per heavy atom. The maximum atomic E-state index is 13.0. The maximum absolute atomic E-state index is 13.0. The molecule has 0 aliphatic carbocycles. The number of carbonyl (C=O) groups excluding carboxylic acids is 2. The van der Waals surface area contributed by atoms with Gasteiger partial charge >= 0.3 is 0 Å². The van der Waals surface area contributed by atoms with Crippen molar-refractivity contribution in [3.8, 4) is 11.1 Å². The van der Waals surface area contributed by atoms with E-state index in [1.165, 1.54) is 22.3 Å². The number of pyridine rings is 3. The summed E-state index contributed by atoms with van der Waals surface area (Å²) < 4.78 is 6.45. The molecule has 2 aromatic carbocycles. The van der Waals surface area contributed by atoms with Crippen LogP contribution in [0.5, 0.6) is 0 Å². The molecule has 7 heterocycles. The number of amides is 2. The Hall–Kier alpha value is -4.65. The summed E-state index contributed by atoms with van der Waals surface area (Å²) >= 11 is 10.5. The molecule has 0 spiro atoms. The predicted molar refractivity (Wildman–Crippen MR) is 211 cm³/mol. The van der Waals surface area contributed by atoms with E-state index in [9.17, 15) is 9.59 Å². The lowest BCUT2D eigenvalue weighted by Gasteiger charge is -2.35. The van der Waals surface area contributed by atoms with Crippen LogP contribution in [0.15, 0.2) is 123 Å². The molecule has 2 aliphatic rings. The standard InChI is InChI=1S/C22H17BrN4O.C18H15Br2N3O/c23-19-3-4-20-12-21(25-27(20)14-19)22(28)26-10-7-15-1-2-17(11-18(15)13-26)16-5-8-24-9-6-16;1-11-14-3-2-4-16(20)15(14)7-8-22(11)18(24)17-9-13-6-5-12(19)10-23(13)21-17/h1-6,8-9,11-12,14H,7,10,13H2;2-6,9-11H,7-8H2,1H3. The van der Waals surface area contributed by atoms with Crippen molar-refractivity contribution in [1.82, 2.24) is 34.0 Å². The first-order valence-electron chi connectivity index (χ1n) is 16.9. The highest BCUT2D eigenvalue weighted by Crippen LogP contribution is 2.34. The smallest absolute Gasteiger partial charge is 0.274 e. The fraction of sp³-hybridized carbons (Fsp3) is 0.175. The average molecular weight is 882 g/mol. The summed E-state index contributed by atoms with van der Waals surface area (Å²) in [5.74, 6) is -0.0484. The predicted octanol–water partition coefficient (Wildman–Crippen LogP) is 8.98. The first-order valence-corrected chi connectivity index (χ1v) is 19.3. The fourth-order valence-electron chi connectivity index (χ4n) is 7.00. The zero-order valence-corrected chi connectivity index (χ0v) is 32.8. The van der Waals surface area contributed by atoms with Gasteiger partial charge < -0.3 is 9.80 Å². The molecule has 0 saturated carbocycles. The van der Waals surface area contributed by atoms with Crippen LogP contribution in [-0.2, 0) is 19.4 Å². The van der Waals surface area contributed by atoms with Crippen molar-refractivity contribution in [2.45, 2.75) is 32.4 Å². The zero-order valence-electron chi connectivity index (χ0n) is 28.1. The van der Waals surface area contributed by atoms with Crippen molar-refractivity contribution in [2.24, 2.45) is 0 Å². The Labute approximate surface area is 325 Å². The molecule has 2 amide bonds. The van der Waals surface area contributed by atoms with Gasteiger partial charge in [-0.15, -0.1) is 0 Å². The summed E-state index contributed by atoms with van der Waals surface area (Å²) in [5, 5.41) is 8.90. The summed E-state index contributed by atoms with van der Waals surface area (Å²) in [6, 6.07) is 28.2. The lowest BCUT2D eigenvalue weighted by molar-refractivity contribution is 0.0670. The van der Waals surface area contributed by atoms with Gasteiger partial charge in [0.05, 0.1) is 17.1 Å². The number of fused-ring (bicyclic) bond motifs is 4. The Bertz CT molecular complexity index is 2480. The second kappa shape index (κ2) is 14.4. The van der Waals surface area contributed by atoms with Crippen molar-refractivity contribution < 1.29 is 9.59 Å². The number of nitrogens with zero attached hydrogens (tertiary/aromatic N) is 7. The topological polar surface area (TPSA) is 88.1 Å². The third-order valence-electron chi connectivity index (χ3n) is 9.74. The third-order valence-corrected chi connectivity index (χ3v) is 11.4. The van der Waals surface area contributed by atoms with Gasteiger partial charge in [0.25, 0.3) is 11.8 Å². The van der Waals surface area contributed by atoms with Crippen molar-refractivity contribution in [2.75, 3.05) is 13.1 Å². The van der Waals surface area contributed by atoms with Crippen LogP contribution in [0.2, 0.25) is 0 Å². The molecule has 52 heavy (non-hydrogen) atoms. The molecule has 260 valence electrons. The lowest BCUT2D eigenvalue weighted by Crippen LogP contribution is -2.39. The summed E-state index contributed by atoms with van der Waals surface area (Å²) in [6.07, 6.45) is 9.03. The van der Waals surface area contributed by atoms with Gasteiger partial charge in [-0.3, -0.25) is 14.6 Å². The number of aromatic nitrogens is 5. The number of rotatable bonds is 3. The van der Waals surface area contributed by atoms with E-state index >= 15 is 0 Å². The summed E-state index contributed by atoms with van der Waals surface area (Å²) in [4.78, 5) is 33.9.